The van der Waals surface area contributed by atoms with Crippen LogP contribution in [0.1, 0.15) is 142 Å². The molecule has 3 atom stereocenters. The van der Waals surface area contributed by atoms with Gasteiger partial charge in [0.25, 0.3) is 0 Å². The summed E-state index contributed by atoms with van der Waals surface area (Å²) in [5.74, 6) is -1.16. The first-order valence-electron chi connectivity index (χ1n) is 21.9. The lowest BCUT2D eigenvalue weighted by Gasteiger charge is -2.20. The van der Waals surface area contributed by atoms with E-state index in [-0.39, 0.29) is 12.8 Å². The number of unbranched alkanes of at least 4 members (excludes halogenated alkanes) is 8. The topological polar surface area (TPSA) is 195 Å². The first kappa shape index (κ1) is 58.0. The third kappa shape index (κ3) is 44.9. The molecule has 4 N–H and O–H groups in total. The second-order valence-corrected chi connectivity index (χ2v) is 16.9. The minimum atomic E-state index is -4.88. The third-order valence-electron chi connectivity index (χ3n) is 8.46. The van der Waals surface area contributed by atoms with Gasteiger partial charge in [0.1, 0.15) is 12.7 Å². The number of ether oxygens (including phenoxy) is 2. The van der Waals surface area contributed by atoms with Crippen LogP contribution < -0.4 is 0 Å². The van der Waals surface area contributed by atoms with Crippen LogP contribution in [0.5, 0.6) is 0 Å². The van der Waals surface area contributed by atoms with E-state index in [1.807, 2.05) is 18.2 Å². The molecule has 0 amide bonds. The summed E-state index contributed by atoms with van der Waals surface area (Å²) < 4.78 is 47.7. The molecule has 13 nitrogen and oxygen atoms in total. The first-order chi connectivity index (χ1) is 29.4. The molecule has 0 spiro atoms. The summed E-state index contributed by atoms with van der Waals surface area (Å²) >= 11 is 0. The van der Waals surface area contributed by atoms with Gasteiger partial charge in [-0.15, -0.1) is 0 Å². The number of esters is 2. The van der Waals surface area contributed by atoms with E-state index in [0.29, 0.717) is 19.3 Å². The fourth-order valence-electron chi connectivity index (χ4n) is 5.17. The largest absolute Gasteiger partial charge is 0.472 e. The quantitative estimate of drug-likeness (QED) is 0.0196. The number of rotatable bonds is 40. The van der Waals surface area contributed by atoms with Crippen molar-refractivity contribution < 1.29 is 61.6 Å². The molecule has 0 saturated heterocycles. The van der Waals surface area contributed by atoms with E-state index in [1.54, 1.807) is 0 Å². The predicted molar refractivity (Wildman–Crippen MR) is 243 cm³/mol. The molecule has 348 valence electrons. The minimum absolute atomic E-state index is 0.00159. The molecule has 15 heteroatoms. The van der Waals surface area contributed by atoms with Crippen molar-refractivity contribution in [2.45, 2.75) is 154 Å². The number of carbonyl (C=O) groups is 2. The average Bonchev–Trinajstić information content (AvgIpc) is 3.22. The highest BCUT2D eigenvalue weighted by Crippen LogP contribution is 2.43. The Morgan fingerprint density at radius 3 is 1.46 bits per heavy atom. The van der Waals surface area contributed by atoms with E-state index in [1.165, 1.54) is 19.3 Å². The molecule has 0 fully saturated rings. The molecule has 0 aromatic carbocycles. The summed E-state index contributed by atoms with van der Waals surface area (Å²) in [4.78, 5) is 52.7. The van der Waals surface area contributed by atoms with Gasteiger partial charge in [-0.25, -0.2) is 9.13 Å². The summed E-state index contributed by atoms with van der Waals surface area (Å²) in [6.07, 6.45) is 48.4. The zero-order valence-electron chi connectivity index (χ0n) is 36.7. The number of phosphoric acid groups is 2. The average molecular weight is 899 g/mol. The Balaban J connectivity index is 4.69. The molecule has 0 saturated carbocycles. The zero-order chi connectivity index (χ0) is 45.1. The van der Waals surface area contributed by atoms with Gasteiger partial charge in [0.05, 0.1) is 19.8 Å². The smallest absolute Gasteiger partial charge is 0.462 e. The van der Waals surface area contributed by atoms with E-state index in [0.717, 1.165) is 77.0 Å². The summed E-state index contributed by atoms with van der Waals surface area (Å²) in [6, 6.07) is 0. The van der Waals surface area contributed by atoms with Crippen molar-refractivity contribution in [3.8, 4) is 0 Å². The van der Waals surface area contributed by atoms with E-state index in [4.69, 9.17) is 23.8 Å². The number of allylic oxidation sites excluding steroid dienone is 16. The van der Waals surface area contributed by atoms with Crippen LogP contribution in [0, 0.1) is 0 Å². The van der Waals surface area contributed by atoms with Crippen molar-refractivity contribution in [2.75, 3.05) is 26.4 Å². The van der Waals surface area contributed by atoms with Crippen LogP contribution in [-0.2, 0) is 41.8 Å². The monoisotopic (exact) mass is 898 g/mol. The Bertz CT molecular complexity index is 1440. The molecule has 0 bridgehead atoms. The van der Waals surface area contributed by atoms with Crippen LogP contribution in [0.2, 0.25) is 0 Å². The molecule has 0 radical (unpaired) electrons. The molecular weight excluding hydrogens is 822 g/mol. The SMILES string of the molecule is CCC=CCC=CCC=CCCCCCCCC(=O)OCC(COP(=O)(O)OCC(O)COP(=O)(O)O)OC(=O)CCC=CCC=CCC=CCC=CCC=CCCCCC. The van der Waals surface area contributed by atoms with Crippen molar-refractivity contribution in [1.82, 2.24) is 0 Å². The lowest BCUT2D eigenvalue weighted by molar-refractivity contribution is -0.161. The van der Waals surface area contributed by atoms with Crippen LogP contribution in [0.25, 0.3) is 0 Å². The standard InChI is InChI=1S/C46H76O13P2/c1-3-5-7-9-11-13-15-17-19-20-21-22-24-26-28-30-32-34-36-38-46(49)59-44(42-58-61(53,54)57-40-43(47)39-56-60(50,51)52)41-55-45(48)37-35-33-31-29-27-25-23-18-16-14-12-10-8-6-4-2/h6,8,11-14,17-19,21-23,26,28,32,34,43-44,47H,3-5,7,9-10,15-16,20,24-25,27,29-31,33,35-42H2,1-2H3,(H,53,54)(H2,50,51,52). The second-order valence-electron chi connectivity index (χ2n) is 14.2. The molecule has 0 heterocycles. The molecule has 0 aliphatic carbocycles. The number of phosphoric ester groups is 2. The lowest BCUT2D eigenvalue weighted by atomic mass is 10.1. The van der Waals surface area contributed by atoms with Gasteiger partial charge in [-0.05, 0) is 83.5 Å². The molecule has 0 rings (SSSR count). The summed E-state index contributed by atoms with van der Waals surface area (Å²) in [7, 11) is -9.71. The highest BCUT2D eigenvalue weighted by Gasteiger charge is 2.28. The predicted octanol–water partition coefficient (Wildman–Crippen LogP) is 11.3. The number of aliphatic hydroxyl groups excluding tert-OH is 1. The van der Waals surface area contributed by atoms with Crippen molar-refractivity contribution in [2.24, 2.45) is 0 Å². The normalized spacial score (nSPS) is 14.9. The summed E-state index contributed by atoms with van der Waals surface area (Å²) in [5.41, 5.74) is 0. The highest BCUT2D eigenvalue weighted by molar-refractivity contribution is 7.47. The molecule has 3 unspecified atom stereocenters. The minimum Gasteiger partial charge on any atom is -0.462 e. The molecule has 0 aromatic rings. The number of carbonyl (C=O) groups excluding carboxylic acids is 2. The summed E-state index contributed by atoms with van der Waals surface area (Å²) in [6.45, 7) is 1.50. The van der Waals surface area contributed by atoms with Crippen LogP contribution >= 0.6 is 15.6 Å². The van der Waals surface area contributed by atoms with Crippen LogP contribution in [-0.4, -0.2) is 70.4 Å². The maximum Gasteiger partial charge on any atom is 0.472 e. The maximum absolute atomic E-state index is 12.6. The Morgan fingerprint density at radius 1 is 0.492 bits per heavy atom. The van der Waals surface area contributed by atoms with Crippen molar-refractivity contribution in [3.05, 3.63) is 97.2 Å². The van der Waals surface area contributed by atoms with Gasteiger partial charge in [-0.3, -0.25) is 23.2 Å². The first-order valence-corrected chi connectivity index (χ1v) is 25.0. The van der Waals surface area contributed by atoms with Gasteiger partial charge < -0.3 is 29.3 Å². The zero-order valence-corrected chi connectivity index (χ0v) is 38.5. The molecule has 0 aliphatic rings. The lowest BCUT2D eigenvalue weighted by Crippen LogP contribution is -2.29. The Kier molecular flexibility index (Phi) is 39.1. The van der Waals surface area contributed by atoms with Crippen molar-refractivity contribution in [1.29, 1.82) is 0 Å². The Hall–Kier alpha value is -2.96. The number of hydrogen-bond acceptors (Lipinski definition) is 10. The number of hydrogen-bond donors (Lipinski definition) is 4. The van der Waals surface area contributed by atoms with Crippen molar-refractivity contribution >= 4 is 27.6 Å². The molecule has 0 aromatic heterocycles. The van der Waals surface area contributed by atoms with Gasteiger partial charge in [0, 0.05) is 12.8 Å². The van der Waals surface area contributed by atoms with E-state index >= 15 is 0 Å². The fraction of sp³-hybridized carbons (Fsp3) is 0.609. The second kappa shape index (κ2) is 41.1. The highest BCUT2D eigenvalue weighted by atomic mass is 31.2. The molecular formula is C46H76O13P2. The van der Waals surface area contributed by atoms with Crippen LogP contribution in [0.4, 0.5) is 0 Å². The van der Waals surface area contributed by atoms with Crippen molar-refractivity contribution in [3.63, 3.8) is 0 Å². The molecule has 61 heavy (non-hydrogen) atoms. The number of aliphatic hydroxyl groups is 1. The Morgan fingerprint density at radius 2 is 0.934 bits per heavy atom. The van der Waals surface area contributed by atoms with E-state index in [2.05, 4.69) is 102 Å². The maximum atomic E-state index is 12.6. The van der Waals surface area contributed by atoms with Crippen LogP contribution in [0.15, 0.2) is 97.2 Å². The van der Waals surface area contributed by atoms with E-state index < -0.39 is 66.2 Å². The van der Waals surface area contributed by atoms with Gasteiger partial charge in [0.15, 0.2) is 6.10 Å². The van der Waals surface area contributed by atoms with Gasteiger partial charge in [-0.1, -0.05) is 143 Å². The Labute approximate surface area is 366 Å². The third-order valence-corrected chi connectivity index (χ3v) is 9.90. The van der Waals surface area contributed by atoms with Crippen LogP contribution in [0.3, 0.4) is 0 Å². The van der Waals surface area contributed by atoms with Gasteiger partial charge >= 0.3 is 27.6 Å². The van der Waals surface area contributed by atoms with Gasteiger partial charge in [0.2, 0.25) is 0 Å². The van der Waals surface area contributed by atoms with E-state index in [9.17, 15) is 28.7 Å². The van der Waals surface area contributed by atoms with Gasteiger partial charge in [-0.2, -0.15) is 0 Å². The summed E-state index contributed by atoms with van der Waals surface area (Å²) in [5, 5.41) is 9.74. The molecule has 0 aliphatic heterocycles. The fourth-order valence-corrected chi connectivity index (χ4v) is 6.32.